The zero-order valence-corrected chi connectivity index (χ0v) is 18.6. The first-order valence-electron chi connectivity index (χ1n) is 10.3. The van der Waals surface area contributed by atoms with Crippen molar-refractivity contribution in [2.24, 2.45) is 5.92 Å². The normalized spacial score (nSPS) is 21.8. The van der Waals surface area contributed by atoms with Crippen molar-refractivity contribution >= 4 is 33.0 Å². The van der Waals surface area contributed by atoms with Crippen molar-refractivity contribution in [3.05, 3.63) is 101 Å². The van der Waals surface area contributed by atoms with Crippen LogP contribution in [-0.2, 0) is 10.0 Å². The molecular formula is C25H23ClN2O2S. The molecule has 31 heavy (non-hydrogen) atoms. The topological polar surface area (TPSA) is 49.4 Å². The largest absolute Gasteiger partial charge is 0.378 e. The number of nitrogens with zero attached hydrogens (tertiary/aromatic N) is 1. The Morgan fingerprint density at radius 3 is 2.48 bits per heavy atom. The van der Waals surface area contributed by atoms with Crippen molar-refractivity contribution in [2.45, 2.75) is 23.3 Å². The van der Waals surface area contributed by atoms with Gasteiger partial charge in [0, 0.05) is 23.7 Å². The summed E-state index contributed by atoms with van der Waals surface area (Å²) in [5.41, 5.74) is 3.69. The lowest BCUT2D eigenvalue weighted by Gasteiger charge is -2.38. The minimum Gasteiger partial charge on any atom is -0.378 e. The second-order valence-electron chi connectivity index (χ2n) is 8.05. The van der Waals surface area contributed by atoms with Gasteiger partial charge in [-0.3, -0.25) is 4.31 Å². The van der Waals surface area contributed by atoms with Crippen LogP contribution in [0.3, 0.4) is 0 Å². The van der Waals surface area contributed by atoms with E-state index < -0.39 is 10.0 Å². The summed E-state index contributed by atoms with van der Waals surface area (Å²) < 4.78 is 28.0. The van der Waals surface area contributed by atoms with Gasteiger partial charge in [-0.15, -0.1) is 0 Å². The molecule has 0 radical (unpaired) electrons. The third-order valence-electron chi connectivity index (χ3n) is 6.35. The maximum Gasteiger partial charge on any atom is 0.264 e. The quantitative estimate of drug-likeness (QED) is 0.496. The number of fused-ring (bicyclic) bond motifs is 3. The van der Waals surface area contributed by atoms with Crippen LogP contribution in [0.1, 0.15) is 29.5 Å². The van der Waals surface area contributed by atoms with Gasteiger partial charge in [-0.2, -0.15) is 0 Å². The Morgan fingerprint density at radius 1 is 0.968 bits per heavy atom. The zero-order valence-electron chi connectivity index (χ0n) is 17.1. The number of benzene rings is 3. The third-order valence-corrected chi connectivity index (χ3v) is 8.48. The first-order valence-corrected chi connectivity index (χ1v) is 12.1. The number of rotatable bonds is 4. The fourth-order valence-electron chi connectivity index (χ4n) is 4.70. The minimum absolute atomic E-state index is 0.0793. The Bertz CT molecular complexity index is 1260. The maximum atomic E-state index is 13.3. The van der Waals surface area contributed by atoms with Crippen LogP contribution in [0.5, 0.6) is 0 Å². The summed E-state index contributed by atoms with van der Waals surface area (Å²) in [6, 6.07) is 22.5. The molecule has 2 aliphatic rings. The summed E-state index contributed by atoms with van der Waals surface area (Å²) >= 11 is 6.51. The van der Waals surface area contributed by atoms with Gasteiger partial charge in [0.25, 0.3) is 10.0 Å². The maximum absolute atomic E-state index is 13.3. The van der Waals surface area contributed by atoms with Crippen molar-refractivity contribution in [3.8, 4) is 0 Å². The van der Waals surface area contributed by atoms with Gasteiger partial charge in [-0.25, -0.2) is 8.42 Å². The lowest BCUT2D eigenvalue weighted by molar-refractivity contribution is 0.425. The zero-order chi connectivity index (χ0) is 21.6. The van der Waals surface area contributed by atoms with Crippen LogP contribution in [0.15, 0.2) is 89.8 Å². The number of anilines is 2. The summed E-state index contributed by atoms with van der Waals surface area (Å²) in [4.78, 5) is 0.301. The molecule has 3 atom stereocenters. The summed E-state index contributed by atoms with van der Waals surface area (Å²) in [6.07, 6.45) is 5.31. The molecule has 3 aromatic carbocycles. The van der Waals surface area contributed by atoms with Crippen LogP contribution in [-0.4, -0.2) is 15.5 Å². The second-order valence-corrected chi connectivity index (χ2v) is 10.4. The second kappa shape index (κ2) is 7.74. The van der Waals surface area contributed by atoms with Crippen LogP contribution in [0.4, 0.5) is 11.4 Å². The average molecular weight is 451 g/mol. The molecule has 0 spiro atoms. The number of allylic oxidation sites excluding steroid dienone is 2. The lowest BCUT2D eigenvalue weighted by Crippen LogP contribution is -2.30. The molecular weight excluding hydrogens is 428 g/mol. The van der Waals surface area contributed by atoms with E-state index in [0.717, 1.165) is 28.3 Å². The van der Waals surface area contributed by atoms with E-state index in [0.29, 0.717) is 10.6 Å². The fourth-order valence-corrected chi connectivity index (χ4v) is 6.19. The smallest absolute Gasteiger partial charge is 0.264 e. The van der Waals surface area contributed by atoms with E-state index in [4.69, 9.17) is 11.6 Å². The van der Waals surface area contributed by atoms with Gasteiger partial charge in [0.2, 0.25) is 0 Å². The highest BCUT2D eigenvalue weighted by Gasteiger charge is 2.39. The molecule has 1 aliphatic heterocycles. The van der Waals surface area contributed by atoms with Crippen molar-refractivity contribution in [2.75, 3.05) is 16.7 Å². The lowest BCUT2D eigenvalue weighted by atomic mass is 9.77. The molecule has 5 rings (SSSR count). The van der Waals surface area contributed by atoms with Crippen molar-refractivity contribution in [1.82, 2.24) is 0 Å². The Labute approximate surface area is 188 Å². The van der Waals surface area contributed by atoms with Crippen LogP contribution in [0, 0.1) is 5.92 Å². The third kappa shape index (κ3) is 3.42. The minimum atomic E-state index is -3.67. The predicted molar refractivity (Wildman–Crippen MR) is 126 cm³/mol. The highest BCUT2D eigenvalue weighted by molar-refractivity contribution is 7.92. The van der Waals surface area contributed by atoms with E-state index in [9.17, 15) is 8.42 Å². The highest BCUT2D eigenvalue weighted by Crippen LogP contribution is 2.51. The first-order chi connectivity index (χ1) is 15.0. The number of halogens is 1. The van der Waals surface area contributed by atoms with Gasteiger partial charge < -0.3 is 5.32 Å². The standard InChI is InChI=1S/C25H23ClN2O2S/c1-28(17-8-3-2-4-9-17)31(29,30)18-14-15-24-22(16-18)19-11-7-12-20(19)25(27-24)21-10-5-6-13-23(21)26/h2-11,13-16,19-20,25,27H,12H2,1H3. The molecule has 0 saturated carbocycles. The van der Waals surface area contributed by atoms with E-state index in [-0.39, 0.29) is 17.9 Å². The molecule has 0 saturated heterocycles. The van der Waals surface area contributed by atoms with Crippen LogP contribution in [0.25, 0.3) is 0 Å². The van der Waals surface area contributed by atoms with Gasteiger partial charge in [0.15, 0.2) is 0 Å². The molecule has 0 fully saturated rings. The van der Waals surface area contributed by atoms with Gasteiger partial charge >= 0.3 is 0 Å². The number of hydrogen-bond acceptors (Lipinski definition) is 3. The van der Waals surface area contributed by atoms with E-state index in [1.807, 2.05) is 48.5 Å². The van der Waals surface area contributed by atoms with Crippen molar-refractivity contribution < 1.29 is 8.42 Å². The molecule has 3 unspecified atom stereocenters. The van der Waals surface area contributed by atoms with Crippen LogP contribution >= 0.6 is 11.6 Å². The Hall–Kier alpha value is -2.76. The van der Waals surface area contributed by atoms with E-state index >= 15 is 0 Å². The number of nitrogens with one attached hydrogen (secondary N) is 1. The summed E-state index contributed by atoms with van der Waals surface area (Å²) in [6.45, 7) is 0. The molecule has 1 N–H and O–H groups in total. The number of hydrogen-bond donors (Lipinski definition) is 1. The molecule has 0 aromatic heterocycles. The fraction of sp³-hybridized carbons (Fsp3) is 0.200. The molecule has 1 aliphatic carbocycles. The first kappa shape index (κ1) is 20.2. The van der Waals surface area contributed by atoms with Gasteiger partial charge in [-0.05, 0) is 59.9 Å². The monoisotopic (exact) mass is 450 g/mol. The molecule has 4 nitrogen and oxygen atoms in total. The van der Waals surface area contributed by atoms with Crippen LogP contribution < -0.4 is 9.62 Å². The van der Waals surface area contributed by atoms with Gasteiger partial charge in [0.05, 0.1) is 16.6 Å². The van der Waals surface area contributed by atoms with Crippen molar-refractivity contribution in [1.29, 1.82) is 0 Å². The Balaban J connectivity index is 1.54. The molecule has 1 heterocycles. The van der Waals surface area contributed by atoms with Gasteiger partial charge in [0.1, 0.15) is 0 Å². The van der Waals surface area contributed by atoms with Crippen LogP contribution in [0.2, 0.25) is 5.02 Å². The molecule has 0 amide bonds. The summed E-state index contributed by atoms with van der Waals surface area (Å²) in [5.74, 6) is 0.437. The van der Waals surface area contributed by atoms with E-state index in [2.05, 4.69) is 23.5 Å². The molecule has 6 heteroatoms. The van der Waals surface area contributed by atoms with E-state index in [1.165, 1.54) is 4.31 Å². The average Bonchev–Trinajstić information content (AvgIpc) is 3.29. The number of para-hydroxylation sites is 1. The summed E-state index contributed by atoms with van der Waals surface area (Å²) in [7, 11) is -2.07. The number of sulfonamides is 1. The van der Waals surface area contributed by atoms with E-state index in [1.54, 1.807) is 25.2 Å². The van der Waals surface area contributed by atoms with Gasteiger partial charge in [-0.1, -0.05) is 60.2 Å². The predicted octanol–water partition coefficient (Wildman–Crippen LogP) is 5.99. The summed E-state index contributed by atoms with van der Waals surface area (Å²) in [5, 5.41) is 4.38. The molecule has 0 bridgehead atoms. The SMILES string of the molecule is CN(c1ccccc1)S(=O)(=O)c1ccc2c(c1)C1C=CCC1C(c1ccccc1Cl)N2. The van der Waals surface area contributed by atoms with Crippen molar-refractivity contribution in [3.63, 3.8) is 0 Å². The Morgan fingerprint density at radius 2 is 1.71 bits per heavy atom. The molecule has 158 valence electrons. The Kier molecular flexibility index (Phi) is 5.03. The highest BCUT2D eigenvalue weighted by atomic mass is 35.5. The molecule has 3 aromatic rings.